The van der Waals surface area contributed by atoms with Crippen LogP contribution in [0.3, 0.4) is 0 Å². The number of benzene rings is 2. The molecule has 0 spiro atoms. The second-order valence-corrected chi connectivity index (χ2v) is 11.0. The van der Waals surface area contributed by atoms with Gasteiger partial charge in [-0.05, 0) is 90.2 Å². The molecule has 0 bridgehead atoms. The number of hydrazone groups is 1. The smallest absolute Gasteiger partial charge is 0.281 e. The number of hydrogen-bond donors (Lipinski definition) is 0. The number of rotatable bonds is 7. The zero-order chi connectivity index (χ0) is 25.0. The van der Waals surface area contributed by atoms with Gasteiger partial charge in [0.25, 0.3) is 5.91 Å². The second-order valence-electron chi connectivity index (χ2n) is 9.04. The van der Waals surface area contributed by atoms with E-state index in [1.807, 2.05) is 60.7 Å². The molecule has 0 unspecified atom stereocenters. The summed E-state index contributed by atoms with van der Waals surface area (Å²) in [5.74, 6) is 2.16. The number of amides is 1. The van der Waals surface area contributed by atoms with Crippen LogP contribution < -0.4 is 9.47 Å². The zero-order valence-electron chi connectivity index (χ0n) is 20.2. The van der Waals surface area contributed by atoms with Gasteiger partial charge in [-0.2, -0.15) is 5.10 Å². The SMILES string of the molecule is O=C(COc1ccc(Oc2ccccc2)cc1)N1N=C2/C(=C\c3cccs3)CCC[C@H]2[C@H]1c1cccs1. The van der Waals surface area contributed by atoms with Crippen molar-refractivity contribution in [2.45, 2.75) is 25.3 Å². The molecule has 1 saturated carbocycles. The fourth-order valence-corrected chi connectivity index (χ4v) is 6.49. The molecular weight excluding hydrogens is 500 g/mol. The number of allylic oxidation sites excluding steroid dienone is 1. The molecule has 2 atom stereocenters. The molecule has 3 heterocycles. The normalized spacial score (nSPS) is 19.9. The maximum atomic E-state index is 13.5. The molecule has 6 rings (SSSR count). The van der Waals surface area contributed by atoms with Crippen LogP contribution in [0.25, 0.3) is 6.08 Å². The Hall–Kier alpha value is -3.68. The maximum Gasteiger partial charge on any atom is 0.281 e. The quantitative estimate of drug-likeness (QED) is 0.247. The van der Waals surface area contributed by atoms with Crippen LogP contribution in [0.1, 0.15) is 35.1 Å². The Morgan fingerprint density at radius 1 is 0.919 bits per heavy atom. The highest BCUT2D eigenvalue weighted by atomic mass is 32.1. The van der Waals surface area contributed by atoms with E-state index in [0.717, 1.165) is 35.6 Å². The third-order valence-corrected chi connectivity index (χ3v) is 8.38. The molecule has 1 aliphatic heterocycles. The Kier molecular flexibility index (Phi) is 6.88. The van der Waals surface area contributed by atoms with Crippen molar-refractivity contribution in [1.29, 1.82) is 0 Å². The van der Waals surface area contributed by atoms with Crippen LogP contribution >= 0.6 is 22.7 Å². The number of nitrogens with zero attached hydrogens (tertiary/aromatic N) is 2. The number of fused-ring (bicyclic) bond motifs is 1. The Bertz CT molecular complexity index is 1400. The number of thiophene rings is 2. The van der Waals surface area contributed by atoms with Gasteiger partial charge in [-0.15, -0.1) is 22.7 Å². The van der Waals surface area contributed by atoms with Crippen molar-refractivity contribution in [3.8, 4) is 17.2 Å². The van der Waals surface area contributed by atoms with Crippen molar-refractivity contribution in [2.75, 3.05) is 6.61 Å². The summed E-state index contributed by atoms with van der Waals surface area (Å²) in [4.78, 5) is 15.8. The van der Waals surface area contributed by atoms with E-state index < -0.39 is 0 Å². The molecule has 37 heavy (non-hydrogen) atoms. The molecule has 2 aromatic heterocycles. The summed E-state index contributed by atoms with van der Waals surface area (Å²) in [6, 6.07) is 25.2. The highest BCUT2D eigenvalue weighted by Crippen LogP contribution is 2.45. The summed E-state index contributed by atoms with van der Waals surface area (Å²) in [5, 5.41) is 10.8. The minimum Gasteiger partial charge on any atom is -0.484 e. The van der Waals surface area contributed by atoms with Crippen molar-refractivity contribution in [3.63, 3.8) is 0 Å². The van der Waals surface area contributed by atoms with Gasteiger partial charge in [-0.1, -0.05) is 30.3 Å². The lowest BCUT2D eigenvalue weighted by atomic mass is 9.79. The Balaban J connectivity index is 1.18. The lowest BCUT2D eigenvalue weighted by Gasteiger charge is -2.28. The fourth-order valence-electron chi connectivity index (χ4n) is 4.93. The van der Waals surface area contributed by atoms with Gasteiger partial charge in [0, 0.05) is 15.7 Å². The average molecular weight is 527 g/mol. The summed E-state index contributed by atoms with van der Waals surface area (Å²) in [7, 11) is 0. The molecular formula is C30H26N2O3S2. The van der Waals surface area contributed by atoms with Crippen LogP contribution in [0.5, 0.6) is 17.2 Å². The first-order valence-corrected chi connectivity index (χ1v) is 14.1. The van der Waals surface area contributed by atoms with E-state index in [-0.39, 0.29) is 24.5 Å². The summed E-state index contributed by atoms with van der Waals surface area (Å²) in [6.07, 6.45) is 5.35. The van der Waals surface area contributed by atoms with Crippen molar-refractivity contribution in [3.05, 3.63) is 105 Å². The molecule has 1 aliphatic carbocycles. The monoisotopic (exact) mass is 526 g/mol. The minimum atomic E-state index is -0.139. The Morgan fingerprint density at radius 3 is 2.43 bits per heavy atom. The third kappa shape index (κ3) is 5.24. The minimum absolute atomic E-state index is 0.0752. The average Bonchev–Trinajstić information content (AvgIpc) is 3.70. The molecule has 1 fully saturated rings. The van der Waals surface area contributed by atoms with Crippen LogP contribution in [0, 0.1) is 5.92 Å². The van der Waals surface area contributed by atoms with Crippen molar-refractivity contribution in [2.24, 2.45) is 11.0 Å². The second kappa shape index (κ2) is 10.7. The lowest BCUT2D eigenvalue weighted by molar-refractivity contribution is -0.135. The van der Waals surface area contributed by atoms with Crippen molar-refractivity contribution < 1.29 is 14.3 Å². The fraction of sp³-hybridized carbons (Fsp3) is 0.200. The molecule has 5 nitrogen and oxygen atoms in total. The Morgan fingerprint density at radius 2 is 1.68 bits per heavy atom. The molecule has 1 amide bonds. The predicted octanol–water partition coefficient (Wildman–Crippen LogP) is 7.80. The topological polar surface area (TPSA) is 51.1 Å². The van der Waals surface area contributed by atoms with Crippen LogP contribution in [0.2, 0.25) is 0 Å². The van der Waals surface area contributed by atoms with Crippen molar-refractivity contribution in [1.82, 2.24) is 5.01 Å². The van der Waals surface area contributed by atoms with Gasteiger partial charge in [0.05, 0.1) is 11.8 Å². The molecule has 0 saturated heterocycles. The first kappa shape index (κ1) is 23.7. The van der Waals surface area contributed by atoms with E-state index >= 15 is 0 Å². The van der Waals surface area contributed by atoms with Gasteiger partial charge < -0.3 is 9.47 Å². The van der Waals surface area contributed by atoms with E-state index in [0.29, 0.717) is 11.5 Å². The van der Waals surface area contributed by atoms with Gasteiger partial charge in [0.1, 0.15) is 17.2 Å². The predicted molar refractivity (Wildman–Crippen MR) is 149 cm³/mol. The van der Waals surface area contributed by atoms with Gasteiger partial charge in [-0.3, -0.25) is 4.79 Å². The van der Waals surface area contributed by atoms with Gasteiger partial charge in [-0.25, -0.2) is 5.01 Å². The maximum absolute atomic E-state index is 13.5. The summed E-state index contributed by atoms with van der Waals surface area (Å²) < 4.78 is 11.7. The van der Waals surface area contributed by atoms with Crippen LogP contribution in [0.4, 0.5) is 0 Å². The van der Waals surface area contributed by atoms with Crippen LogP contribution in [-0.4, -0.2) is 23.2 Å². The van der Waals surface area contributed by atoms with E-state index in [9.17, 15) is 4.79 Å². The van der Waals surface area contributed by atoms with Gasteiger partial charge in [0.15, 0.2) is 6.61 Å². The molecule has 2 aliphatic rings. The zero-order valence-corrected chi connectivity index (χ0v) is 21.8. The van der Waals surface area contributed by atoms with Crippen LogP contribution in [0.15, 0.2) is 100 Å². The third-order valence-electron chi connectivity index (χ3n) is 6.62. The van der Waals surface area contributed by atoms with Crippen molar-refractivity contribution >= 4 is 40.4 Å². The van der Waals surface area contributed by atoms with Crippen LogP contribution in [-0.2, 0) is 4.79 Å². The number of carbonyl (C=O) groups excluding carboxylic acids is 1. The number of carbonyl (C=O) groups is 1. The van der Waals surface area contributed by atoms with E-state index in [1.165, 1.54) is 10.5 Å². The number of para-hydroxylation sites is 1. The first-order chi connectivity index (χ1) is 18.2. The summed E-state index contributed by atoms with van der Waals surface area (Å²) in [5.41, 5.74) is 2.29. The molecule has 0 N–H and O–H groups in total. The summed E-state index contributed by atoms with van der Waals surface area (Å²) in [6.45, 7) is -0.0752. The molecule has 0 radical (unpaired) electrons. The lowest BCUT2D eigenvalue weighted by Crippen LogP contribution is -2.34. The first-order valence-electron chi connectivity index (χ1n) is 12.4. The largest absolute Gasteiger partial charge is 0.484 e. The summed E-state index contributed by atoms with van der Waals surface area (Å²) >= 11 is 3.41. The highest BCUT2D eigenvalue weighted by Gasteiger charge is 2.44. The van der Waals surface area contributed by atoms with E-state index in [2.05, 4.69) is 35.0 Å². The molecule has 4 aromatic rings. The highest BCUT2D eigenvalue weighted by molar-refractivity contribution is 7.11. The number of ether oxygens (including phenoxy) is 2. The van der Waals surface area contributed by atoms with E-state index in [4.69, 9.17) is 14.6 Å². The van der Waals surface area contributed by atoms with E-state index in [1.54, 1.807) is 27.7 Å². The number of hydrogen-bond acceptors (Lipinski definition) is 6. The molecule has 2 aromatic carbocycles. The van der Waals surface area contributed by atoms with Gasteiger partial charge in [0.2, 0.25) is 0 Å². The molecule has 186 valence electrons. The Labute approximate surface area is 224 Å². The standard InChI is InChI=1S/C30H26N2O3S2/c33-28(20-34-22-13-15-24(16-14-22)35-23-8-2-1-3-9-23)32-30(27-12-6-18-37-27)26-11-4-7-21(29(26)31-32)19-25-10-5-17-36-25/h1-3,5-6,8-10,12-19,26,30H,4,7,11,20H2/b21-19-/t26-,30+/m1/s1. The molecule has 7 heteroatoms. The van der Waals surface area contributed by atoms with Gasteiger partial charge >= 0.3 is 0 Å².